The maximum absolute atomic E-state index is 5.90. The third kappa shape index (κ3) is 4.46. The van der Waals surface area contributed by atoms with Gasteiger partial charge in [-0.15, -0.1) is 0 Å². The molecule has 1 fully saturated rings. The van der Waals surface area contributed by atoms with E-state index in [1.165, 1.54) is 17.0 Å². The molecule has 2 aromatic carbocycles. The third-order valence-electron chi connectivity index (χ3n) is 6.38. The topological polar surface area (TPSA) is 42.3 Å². The smallest absolute Gasteiger partial charge is 0.174 e. The van der Waals surface area contributed by atoms with Crippen LogP contribution in [0.2, 0.25) is 0 Å². The molecule has 2 atom stereocenters. The van der Waals surface area contributed by atoms with Crippen LogP contribution < -0.4 is 15.0 Å². The summed E-state index contributed by atoms with van der Waals surface area (Å²) in [5, 5.41) is 4.24. The van der Waals surface area contributed by atoms with Crippen LogP contribution in [-0.2, 0) is 0 Å². The molecule has 5 rings (SSSR count). The predicted molar refractivity (Wildman–Crippen MR) is 148 cm³/mol. The van der Waals surface area contributed by atoms with Crippen molar-refractivity contribution in [2.75, 3.05) is 11.5 Å². The fourth-order valence-corrected chi connectivity index (χ4v) is 5.65. The van der Waals surface area contributed by atoms with Crippen molar-refractivity contribution < 1.29 is 4.74 Å². The summed E-state index contributed by atoms with van der Waals surface area (Å²) in [6.07, 6.45) is 1.83. The van der Waals surface area contributed by atoms with Gasteiger partial charge in [0, 0.05) is 33.4 Å². The lowest BCUT2D eigenvalue weighted by atomic mass is 9.96. The van der Waals surface area contributed by atoms with Crippen LogP contribution in [-0.4, -0.2) is 21.3 Å². The highest BCUT2D eigenvalue weighted by molar-refractivity contribution is 9.10. The number of thiocarbonyl (C=S) groups is 1. The number of benzene rings is 2. The average Bonchev–Trinajstić information content (AvgIpc) is 3.35. The van der Waals surface area contributed by atoms with Crippen LogP contribution in [0.1, 0.15) is 41.7 Å². The van der Waals surface area contributed by atoms with E-state index in [-0.39, 0.29) is 12.1 Å². The Morgan fingerprint density at radius 2 is 1.80 bits per heavy atom. The van der Waals surface area contributed by atoms with Gasteiger partial charge in [-0.3, -0.25) is 4.98 Å². The molecule has 0 saturated carbocycles. The summed E-state index contributed by atoms with van der Waals surface area (Å²) >= 11 is 9.52. The Morgan fingerprint density at radius 3 is 2.49 bits per heavy atom. The van der Waals surface area contributed by atoms with E-state index in [0.29, 0.717) is 11.7 Å². The molecule has 0 unspecified atom stereocenters. The summed E-state index contributed by atoms with van der Waals surface area (Å²) in [5.41, 5.74) is 6.64. The molecule has 2 aromatic heterocycles. The Labute approximate surface area is 219 Å². The molecule has 7 heteroatoms. The molecule has 0 aliphatic carbocycles. The van der Waals surface area contributed by atoms with E-state index in [1.54, 1.807) is 0 Å². The summed E-state index contributed by atoms with van der Waals surface area (Å²) in [6, 6.07) is 24.6. The molecule has 1 N–H and O–H groups in total. The SMILES string of the molecule is CCOc1ccc(N2C(=S)N[C@@H](c3ccccn3)[C@@H]2c2cc(C)n(-c3cccc(Br)c3)c2C)cc1. The molecule has 0 amide bonds. The van der Waals surface area contributed by atoms with Gasteiger partial charge < -0.3 is 19.5 Å². The molecule has 0 spiro atoms. The second-order valence-electron chi connectivity index (χ2n) is 8.57. The van der Waals surface area contributed by atoms with Crippen molar-refractivity contribution in [3.05, 3.63) is 106 Å². The molecular formula is C28H27BrN4OS. The lowest BCUT2D eigenvalue weighted by Gasteiger charge is -2.28. The molecule has 178 valence electrons. The van der Waals surface area contributed by atoms with Gasteiger partial charge in [0.2, 0.25) is 0 Å². The van der Waals surface area contributed by atoms with Crippen molar-refractivity contribution in [2.45, 2.75) is 32.9 Å². The number of anilines is 1. The first-order valence-electron chi connectivity index (χ1n) is 11.7. The highest BCUT2D eigenvalue weighted by Gasteiger charge is 2.42. The molecule has 3 heterocycles. The maximum Gasteiger partial charge on any atom is 0.174 e. The second kappa shape index (κ2) is 9.84. The first-order chi connectivity index (χ1) is 17.0. The van der Waals surface area contributed by atoms with Gasteiger partial charge in [-0.1, -0.05) is 28.1 Å². The van der Waals surface area contributed by atoms with E-state index >= 15 is 0 Å². The summed E-state index contributed by atoms with van der Waals surface area (Å²) < 4.78 is 9.01. The Hall–Kier alpha value is -3.16. The Kier molecular flexibility index (Phi) is 6.62. The zero-order valence-electron chi connectivity index (χ0n) is 19.9. The van der Waals surface area contributed by atoms with Gasteiger partial charge in [0.15, 0.2) is 5.11 Å². The standard InChI is InChI=1S/C28H27BrN4OS/c1-4-34-23-13-11-21(12-14-23)33-27(26(31-28(33)35)25-10-5-6-15-30-25)24-16-18(2)32(19(24)3)22-9-7-8-20(29)17-22/h5-17,26-27H,4H2,1-3H3,(H,31,35)/t26-,27-/m0/s1. The van der Waals surface area contributed by atoms with Crippen LogP contribution >= 0.6 is 28.1 Å². The van der Waals surface area contributed by atoms with E-state index in [9.17, 15) is 0 Å². The largest absolute Gasteiger partial charge is 0.494 e. The summed E-state index contributed by atoms with van der Waals surface area (Å²) in [4.78, 5) is 6.89. The Balaban J connectivity index is 1.64. The first kappa shape index (κ1) is 23.6. The molecule has 35 heavy (non-hydrogen) atoms. The van der Waals surface area contributed by atoms with Crippen molar-refractivity contribution in [3.63, 3.8) is 0 Å². The monoisotopic (exact) mass is 546 g/mol. The second-order valence-corrected chi connectivity index (χ2v) is 9.87. The number of ether oxygens (including phenoxy) is 1. The number of hydrogen-bond donors (Lipinski definition) is 1. The molecule has 5 nitrogen and oxygen atoms in total. The van der Waals surface area contributed by atoms with Gasteiger partial charge in [-0.05, 0) is 99.2 Å². The van der Waals surface area contributed by atoms with E-state index in [1.807, 2.05) is 43.5 Å². The van der Waals surface area contributed by atoms with E-state index in [0.717, 1.165) is 27.3 Å². The maximum atomic E-state index is 5.90. The van der Waals surface area contributed by atoms with E-state index in [2.05, 4.69) is 92.0 Å². The Morgan fingerprint density at radius 1 is 1.00 bits per heavy atom. The van der Waals surface area contributed by atoms with Gasteiger partial charge >= 0.3 is 0 Å². The minimum atomic E-state index is -0.0910. The zero-order chi connectivity index (χ0) is 24.5. The lowest BCUT2D eigenvalue weighted by molar-refractivity contribution is 0.340. The van der Waals surface area contributed by atoms with Gasteiger partial charge in [0.25, 0.3) is 0 Å². The van der Waals surface area contributed by atoms with E-state index < -0.39 is 0 Å². The molecule has 1 aliphatic heterocycles. The minimum absolute atomic E-state index is 0.0672. The molecular weight excluding hydrogens is 520 g/mol. The number of rotatable bonds is 6. The van der Waals surface area contributed by atoms with Crippen LogP contribution in [0.5, 0.6) is 5.75 Å². The van der Waals surface area contributed by atoms with Crippen molar-refractivity contribution >= 4 is 38.9 Å². The number of aryl methyl sites for hydroxylation is 1. The van der Waals surface area contributed by atoms with Crippen LogP contribution in [0.25, 0.3) is 5.69 Å². The molecule has 1 saturated heterocycles. The van der Waals surface area contributed by atoms with Crippen molar-refractivity contribution in [2.24, 2.45) is 0 Å². The lowest BCUT2D eigenvalue weighted by Crippen LogP contribution is -2.29. The summed E-state index contributed by atoms with van der Waals surface area (Å²) in [7, 11) is 0. The van der Waals surface area contributed by atoms with Crippen LogP contribution in [0, 0.1) is 13.8 Å². The van der Waals surface area contributed by atoms with E-state index in [4.69, 9.17) is 17.0 Å². The molecule has 0 bridgehead atoms. The number of halogens is 1. The van der Waals surface area contributed by atoms with Gasteiger partial charge in [0.1, 0.15) is 5.75 Å². The highest BCUT2D eigenvalue weighted by atomic mass is 79.9. The number of pyridine rings is 1. The summed E-state index contributed by atoms with van der Waals surface area (Å²) in [6.45, 7) is 6.95. The molecule has 0 radical (unpaired) electrons. The fraction of sp³-hybridized carbons (Fsp3) is 0.214. The Bertz CT molecular complexity index is 1350. The third-order valence-corrected chi connectivity index (χ3v) is 7.19. The van der Waals surface area contributed by atoms with Crippen LogP contribution in [0.15, 0.2) is 83.5 Å². The van der Waals surface area contributed by atoms with Crippen molar-refractivity contribution in [1.29, 1.82) is 0 Å². The van der Waals surface area contributed by atoms with Crippen molar-refractivity contribution in [1.82, 2.24) is 14.9 Å². The predicted octanol–water partition coefficient (Wildman–Crippen LogP) is 6.83. The van der Waals surface area contributed by atoms with Crippen LogP contribution in [0.4, 0.5) is 5.69 Å². The fourth-order valence-electron chi connectivity index (χ4n) is 4.92. The number of hydrogen-bond acceptors (Lipinski definition) is 3. The van der Waals surface area contributed by atoms with Gasteiger partial charge in [-0.25, -0.2) is 0 Å². The molecule has 1 aliphatic rings. The zero-order valence-corrected chi connectivity index (χ0v) is 22.3. The van der Waals surface area contributed by atoms with Crippen LogP contribution in [0.3, 0.4) is 0 Å². The average molecular weight is 548 g/mol. The quantitative estimate of drug-likeness (QED) is 0.268. The minimum Gasteiger partial charge on any atom is -0.494 e. The number of nitrogens with zero attached hydrogens (tertiary/aromatic N) is 3. The van der Waals surface area contributed by atoms with Crippen molar-refractivity contribution in [3.8, 4) is 11.4 Å². The normalized spacial score (nSPS) is 17.5. The first-order valence-corrected chi connectivity index (χ1v) is 12.9. The highest BCUT2D eigenvalue weighted by Crippen LogP contribution is 2.44. The van der Waals surface area contributed by atoms with Gasteiger partial charge in [-0.2, -0.15) is 0 Å². The van der Waals surface area contributed by atoms with Gasteiger partial charge in [0.05, 0.1) is 24.4 Å². The summed E-state index contributed by atoms with van der Waals surface area (Å²) in [5.74, 6) is 0.847. The number of aromatic nitrogens is 2. The molecule has 4 aromatic rings. The number of nitrogens with one attached hydrogen (secondary N) is 1.